The van der Waals surface area contributed by atoms with Crippen molar-refractivity contribution in [2.45, 2.75) is 6.92 Å². The van der Waals surface area contributed by atoms with Gasteiger partial charge in [0, 0.05) is 5.56 Å². The third-order valence-corrected chi connectivity index (χ3v) is 2.76. The molecule has 0 aliphatic rings. The molecule has 0 N–H and O–H groups in total. The minimum atomic E-state index is -0.370. The molecule has 0 atom stereocenters. The van der Waals surface area contributed by atoms with E-state index in [4.69, 9.17) is 10.00 Å². The van der Waals surface area contributed by atoms with E-state index in [-0.39, 0.29) is 5.97 Å². The van der Waals surface area contributed by atoms with Gasteiger partial charge in [0.25, 0.3) is 0 Å². The maximum atomic E-state index is 11.9. The van der Waals surface area contributed by atoms with Gasteiger partial charge in [-0.2, -0.15) is 5.26 Å². The highest BCUT2D eigenvalue weighted by atomic mass is 16.5. The van der Waals surface area contributed by atoms with Gasteiger partial charge in [-0.05, 0) is 24.6 Å². The maximum absolute atomic E-state index is 11.9. The van der Waals surface area contributed by atoms with Gasteiger partial charge in [0.1, 0.15) is 0 Å². The van der Waals surface area contributed by atoms with Crippen molar-refractivity contribution in [3.05, 3.63) is 59.7 Å². The second-order valence-corrected chi connectivity index (χ2v) is 3.92. The summed E-state index contributed by atoms with van der Waals surface area (Å²) >= 11 is 0. The molecule has 0 amide bonds. The van der Waals surface area contributed by atoms with Crippen LogP contribution in [0.2, 0.25) is 0 Å². The summed E-state index contributed by atoms with van der Waals surface area (Å²) in [7, 11) is 0. The first-order valence-corrected chi connectivity index (χ1v) is 6.03. The third kappa shape index (κ3) is 2.63. The Kier molecular flexibility index (Phi) is 3.94. The topological polar surface area (TPSA) is 50.1 Å². The summed E-state index contributed by atoms with van der Waals surface area (Å²) in [6.45, 7) is 2.09. The average Bonchev–Trinajstić information content (AvgIpc) is 2.47. The summed E-state index contributed by atoms with van der Waals surface area (Å²) in [6, 6.07) is 16.5. The standard InChI is InChI=1S/C16H13NO2/c1-2-19-16(18)15-10-6-5-9-14(15)13-8-4-3-7-12(13)11-17/h3-10H,2H2,1H3. The Labute approximate surface area is 112 Å². The summed E-state index contributed by atoms with van der Waals surface area (Å²) in [4.78, 5) is 11.9. The summed E-state index contributed by atoms with van der Waals surface area (Å²) in [6.07, 6.45) is 0. The van der Waals surface area contributed by atoms with Crippen molar-refractivity contribution in [2.24, 2.45) is 0 Å². The summed E-state index contributed by atoms with van der Waals surface area (Å²) in [5, 5.41) is 9.15. The summed E-state index contributed by atoms with van der Waals surface area (Å²) in [5.74, 6) is -0.370. The van der Waals surface area contributed by atoms with Crippen LogP contribution in [0.4, 0.5) is 0 Å². The number of nitrogens with zero attached hydrogens (tertiary/aromatic N) is 1. The molecule has 3 heteroatoms. The average molecular weight is 251 g/mol. The Balaban J connectivity index is 2.57. The van der Waals surface area contributed by atoms with Crippen molar-refractivity contribution >= 4 is 5.97 Å². The van der Waals surface area contributed by atoms with E-state index in [1.807, 2.05) is 24.3 Å². The number of nitriles is 1. The summed E-state index contributed by atoms with van der Waals surface area (Å²) in [5.41, 5.74) is 2.48. The highest BCUT2D eigenvalue weighted by molar-refractivity contribution is 5.98. The molecule has 0 saturated carbocycles. The molecular formula is C16H13NO2. The molecular weight excluding hydrogens is 238 g/mol. The first-order chi connectivity index (χ1) is 9.27. The quantitative estimate of drug-likeness (QED) is 0.785. The van der Waals surface area contributed by atoms with Crippen LogP contribution in [0, 0.1) is 11.3 Å². The van der Waals surface area contributed by atoms with E-state index >= 15 is 0 Å². The van der Waals surface area contributed by atoms with Gasteiger partial charge < -0.3 is 4.74 Å². The van der Waals surface area contributed by atoms with E-state index in [9.17, 15) is 4.79 Å². The fraction of sp³-hybridized carbons (Fsp3) is 0.125. The number of benzene rings is 2. The van der Waals surface area contributed by atoms with E-state index in [0.29, 0.717) is 17.7 Å². The first kappa shape index (κ1) is 12.8. The first-order valence-electron chi connectivity index (χ1n) is 6.03. The van der Waals surface area contributed by atoms with E-state index in [2.05, 4.69) is 6.07 Å². The molecule has 0 bridgehead atoms. The van der Waals surface area contributed by atoms with Crippen molar-refractivity contribution in [3.8, 4) is 17.2 Å². The van der Waals surface area contributed by atoms with Crippen LogP contribution in [0.1, 0.15) is 22.8 Å². The highest BCUT2D eigenvalue weighted by Gasteiger charge is 2.15. The lowest BCUT2D eigenvalue weighted by Crippen LogP contribution is -2.06. The van der Waals surface area contributed by atoms with Crippen molar-refractivity contribution < 1.29 is 9.53 Å². The largest absolute Gasteiger partial charge is 0.462 e. The van der Waals surface area contributed by atoms with Crippen LogP contribution >= 0.6 is 0 Å². The van der Waals surface area contributed by atoms with Crippen LogP contribution in [0.3, 0.4) is 0 Å². The number of carbonyl (C=O) groups is 1. The second kappa shape index (κ2) is 5.83. The van der Waals surface area contributed by atoms with Crippen LogP contribution in [-0.4, -0.2) is 12.6 Å². The molecule has 0 unspecified atom stereocenters. The molecule has 0 fully saturated rings. The molecule has 0 radical (unpaired) electrons. The van der Waals surface area contributed by atoms with Crippen molar-refractivity contribution in [1.29, 1.82) is 5.26 Å². The molecule has 3 nitrogen and oxygen atoms in total. The molecule has 0 aliphatic heterocycles. The van der Waals surface area contributed by atoms with Gasteiger partial charge in [-0.1, -0.05) is 36.4 Å². The van der Waals surface area contributed by atoms with Crippen LogP contribution in [0.25, 0.3) is 11.1 Å². The molecule has 19 heavy (non-hydrogen) atoms. The highest BCUT2D eigenvalue weighted by Crippen LogP contribution is 2.27. The predicted octanol–water partition coefficient (Wildman–Crippen LogP) is 3.40. The fourth-order valence-electron chi connectivity index (χ4n) is 1.92. The third-order valence-electron chi connectivity index (χ3n) is 2.76. The molecule has 0 spiro atoms. The normalized spacial score (nSPS) is 9.68. The number of carbonyl (C=O) groups excluding carboxylic acids is 1. The summed E-state index contributed by atoms with van der Waals surface area (Å²) < 4.78 is 5.04. The van der Waals surface area contributed by atoms with Crippen molar-refractivity contribution in [1.82, 2.24) is 0 Å². The number of hydrogen-bond donors (Lipinski definition) is 0. The smallest absolute Gasteiger partial charge is 0.338 e. The molecule has 0 aliphatic carbocycles. The zero-order chi connectivity index (χ0) is 13.7. The predicted molar refractivity (Wildman–Crippen MR) is 72.5 cm³/mol. The zero-order valence-electron chi connectivity index (χ0n) is 10.6. The van der Waals surface area contributed by atoms with Gasteiger partial charge in [0.05, 0.1) is 23.8 Å². The molecule has 94 valence electrons. The SMILES string of the molecule is CCOC(=O)c1ccccc1-c1ccccc1C#N. The van der Waals surface area contributed by atoms with Crippen molar-refractivity contribution in [3.63, 3.8) is 0 Å². The molecule has 0 heterocycles. The Bertz CT molecular complexity index is 641. The minimum Gasteiger partial charge on any atom is -0.462 e. The van der Waals surface area contributed by atoms with Gasteiger partial charge in [-0.25, -0.2) is 4.79 Å². The molecule has 2 aromatic carbocycles. The number of rotatable bonds is 3. The van der Waals surface area contributed by atoms with Crippen LogP contribution < -0.4 is 0 Å². The van der Waals surface area contributed by atoms with Crippen LogP contribution in [-0.2, 0) is 4.74 Å². The molecule has 0 aromatic heterocycles. The van der Waals surface area contributed by atoms with Crippen molar-refractivity contribution in [2.75, 3.05) is 6.61 Å². The Morgan fingerprint density at radius 1 is 1.11 bits per heavy atom. The van der Waals surface area contributed by atoms with Gasteiger partial charge in [0.15, 0.2) is 0 Å². The lowest BCUT2D eigenvalue weighted by Gasteiger charge is -2.10. The van der Waals surface area contributed by atoms with Crippen LogP contribution in [0.15, 0.2) is 48.5 Å². The van der Waals surface area contributed by atoms with E-state index < -0.39 is 0 Å². The second-order valence-electron chi connectivity index (χ2n) is 3.92. The van der Waals surface area contributed by atoms with E-state index in [0.717, 1.165) is 11.1 Å². The van der Waals surface area contributed by atoms with Gasteiger partial charge in [0.2, 0.25) is 0 Å². The fourth-order valence-corrected chi connectivity index (χ4v) is 1.92. The Morgan fingerprint density at radius 3 is 2.42 bits per heavy atom. The number of esters is 1. The number of hydrogen-bond acceptors (Lipinski definition) is 3. The van der Waals surface area contributed by atoms with E-state index in [1.165, 1.54) is 0 Å². The monoisotopic (exact) mass is 251 g/mol. The van der Waals surface area contributed by atoms with Gasteiger partial charge in [-0.15, -0.1) is 0 Å². The Morgan fingerprint density at radius 2 is 1.74 bits per heavy atom. The molecule has 2 rings (SSSR count). The molecule has 2 aromatic rings. The lowest BCUT2D eigenvalue weighted by molar-refractivity contribution is 0.0527. The number of ether oxygens (including phenoxy) is 1. The van der Waals surface area contributed by atoms with E-state index in [1.54, 1.807) is 31.2 Å². The molecule has 0 saturated heterocycles. The maximum Gasteiger partial charge on any atom is 0.338 e. The van der Waals surface area contributed by atoms with Crippen LogP contribution in [0.5, 0.6) is 0 Å². The Hall–Kier alpha value is -2.60. The van der Waals surface area contributed by atoms with Gasteiger partial charge >= 0.3 is 5.97 Å². The lowest BCUT2D eigenvalue weighted by atomic mass is 9.96. The minimum absolute atomic E-state index is 0.326. The zero-order valence-corrected chi connectivity index (χ0v) is 10.6. The van der Waals surface area contributed by atoms with Gasteiger partial charge in [-0.3, -0.25) is 0 Å².